The molecule has 0 aliphatic heterocycles. The lowest BCUT2D eigenvalue weighted by molar-refractivity contribution is -0.119. The number of benzene rings is 3. The number of carbonyl (C=O) groups is 2. The van der Waals surface area contributed by atoms with E-state index in [-0.39, 0.29) is 11.3 Å². The van der Waals surface area contributed by atoms with Gasteiger partial charge in [0.25, 0.3) is 5.91 Å². The fourth-order valence-corrected chi connectivity index (χ4v) is 2.63. The molecule has 0 aliphatic rings. The van der Waals surface area contributed by atoms with Gasteiger partial charge in [0, 0.05) is 5.69 Å². The van der Waals surface area contributed by atoms with E-state index in [0.29, 0.717) is 18.1 Å². The van der Waals surface area contributed by atoms with Crippen LogP contribution in [0.4, 0.5) is 10.1 Å². The highest BCUT2D eigenvalue weighted by atomic mass is 19.1. The summed E-state index contributed by atoms with van der Waals surface area (Å²) in [6, 6.07) is 19.7. The van der Waals surface area contributed by atoms with Crippen molar-refractivity contribution in [2.45, 2.75) is 6.61 Å². The highest BCUT2D eigenvalue weighted by Crippen LogP contribution is 2.29. The Hall–Kier alpha value is -3.87. The maximum Gasteiger partial charge on any atom is 0.338 e. The lowest BCUT2D eigenvalue weighted by atomic mass is 10.2. The van der Waals surface area contributed by atoms with Crippen LogP contribution in [0.2, 0.25) is 0 Å². The number of carbonyl (C=O) groups excluding carboxylic acids is 2. The summed E-state index contributed by atoms with van der Waals surface area (Å²) in [5, 5.41) is 2.45. The Balaban J connectivity index is 1.56. The molecule has 0 unspecified atom stereocenters. The lowest BCUT2D eigenvalue weighted by Crippen LogP contribution is -2.21. The summed E-state index contributed by atoms with van der Waals surface area (Å²) >= 11 is 0. The van der Waals surface area contributed by atoms with Crippen molar-refractivity contribution in [3.63, 3.8) is 0 Å². The minimum atomic E-state index is -0.697. The first-order valence-corrected chi connectivity index (χ1v) is 9.12. The van der Waals surface area contributed by atoms with Crippen molar-refractivity contribution in [2.75, 3.05) is 19.0 Å². The van der Waals surface area contributed by atoms with Gasteiger partial charge in [0.05, 0.1) is 12.7 Å². The molecule has 0 radical (unpaired) electrons. The van der Waals surface area contributed by atoms with Crippen LogP contribution in [0.15, 0.2) is 72.8 Å². The standard InChI is InChI=1S/C23H20FNO5/c1-28-21-12-17(10-11-20(21)29-14-16-6-3-2-4-7-16)23(27)30-15-22(26)25-19-9-5-8-18(24)13-19/h2-13H,14-15H2,1H3,(H,25,26). The molecule has 0 aromatic heterocycles. The Kier molecular flexibility index (Phi) is 7.00. The van der Waals surface area contributed by atoms with Crippen LogP contribution in [-0.2, 0) is 16.1 Å². The molecule has 0 heterocycles. The van der Waals surface area contributed by atoms with Crippen LogP contribution < -0.4 is 14.8 Å². The monoisotopic (exact) mass is 409 g/mol. The second-order valence-electron chi connectivity index (χ2n) is 6.27. The third-order valence-electron chi connectivity index (χ3n) is 4.08. The number of halogens is 1. The molecule has 3 aromatic carbocycles. The number of esters is 1. The zero-order valence-electron chi connectivity index (χ0n) is 16.3. The number of rotatable bonds is 8. The zero-order valence-corrected chi connectivity index (χ0v) is 16.3. The van der Waals surface area contributed by atoms with Gasteiger partial charge in [0.15, 0.2) is 18.1 Å². The van der Waals surface area contributed by atoms with Crippen LogP contribution in [0.3, 0.4) is 0 Å². The summed E-state index contributed by atoms with van der Waals surface area (Å²) in [5.41, 5.74) is 1.47. The second kappa shape index (κ2) is 10.1. The van der Waals surface area contributed by atoms with E-state index in [2.05, 4.69) is 5.32 Å². The molecule has 154 valence electrons. The van der Waals surface area contributed by atoms with E-state index >= 15 is 0 Å². The quantitative estimate of drug-likeness (QED) is 0.564. The molecular weight excluding hydrogens is 389 g/mol. The van der Waals surface area contributed by atoms with Gasteiger partial charge in [0.1, 0.15) is 12.4 Å². The summed E-state index contributed by atoms with van der Waals surface area (Å²) in [6.07, 6.45) is 0. The predicted molar refractivity (Wildman–Crippen MR) is 109 cm³/mol. The largest absolute Gasteiger partial charge is 0.493 e. The van der Waals surface area contributed by atoms with E-state index in [1.165, 1.54) is 43.5 Å². The van der Waals surface area contributed by atoms with Crippen molar-refractivity contribution in [3.05, 3.63) is 89.7 Å². The third kappa shape index (κ3) is 5.81. The van der Waals surface area contributed by atoms with Crippen LogP contribution in [0.5, 0.6) is 11.5 Å². The summed E-state index contributed by atoms with van der Waals surface area (Å²) in [5.74, 6) is -0.918. The van der Waals surface area contributed by atoms with Gasteiger partial charge in [0.2, 0.25) is 0 Å². The molecule has 0 saturated heterocycles. The van der Waals surface area contributed by atoms with Crippen LogP contribution in [-0.4, -0.2) is 25.6 Å². The molecule has 0 fully saturated rings. The number of amides is 1. The van der Waals surface area contributed by atoms with Gasteiger partial charge in [-0.05, 0) is 42.0 Å². The van der Waals surface area contributed by atoms with Crippen LogP contribution in [0, 0.1) is 5.82 Å². The van der Waals surface area contributed by atoms with E-state index in [1.54, 1.807) is 6.07 Å². The van der Waals surface area contributed by atoms with Crippen molar-refractivity contribution in [1.82, 2.24) is 0 Å². The molecule has 0 saturated carbocycles. The fourth-order valence-electron chi connectivity index (χ4n) is 2.63. The van der Waals surface area contributed by atoms with Gasteiger partial charge in [-0.25, -0.2) is 9.18 Å². The van der Waals surface area contributed by atoms with Crippen molar-refractivity contribution < 1.29 is 28.2 Å². The molecule has 0 atom stereocenters. The average Bonchev–Trinajstić information content (AvgIpc) is 2.76. The molecule has 1 amide bonds. The Morgan fingerprint density at radius 1 is 0.933 bits per heavy atom. The normalized spacial score (nSPS) is 10.2. The average molecular weight is 409 g/mol. The first kappa shape index (κ1) is 20.9. The Bertz CT molecular complexity index is 1020. The molecule has 0 spiro atoms. The first-order valence-electron chi connectivity index (χ1n) is 9.12. The van der Waals surface area contributed by atoms with Gasteiger partial charge in [-0.3, -0.25) is 4.79 Å². The van der Waals surface area contributed by atoms with Gasteiger partial charge >= 0.3 is 5.97 Å². The Morgan fingerprint density at radius 3 is 2.47 bits per heavy atom. The van der Waals surface area contributed by atoms with E-state index in [0.717, 1.165) is 5.56 Å². The Labute approximate surface area is 173 Å². The van der Waals surface area contributed by atoms with Crippen molar-refractivity contribution in [2.24, 2.45) is 0 Å². The minimum absolute atomic E-state index is 0.206. The topological polar surface area (TPSA) is 73.9 Å². The smallest absolute Gasteiger partial charge is 0.338 e. The number of ether oxygens (including phenoxy) is 3. The minimum Gasteiger partial charge on any atom is -0.493 e. The molecule has 7 heteroatoms. The summed E-state index contributed by atoms with van der Waals surface area (Å²) < 4.78 is 29.2. The van der Waals surface area contributed by atoms with Gasteiger partial charge < -0.3 is 19.5 Å². The molecule has 6 nitrogen and oxygen atoms in total. The number of hydrogen-bond acceptors (Lipinski definition) is 5. The Morgan fingerprint density at radius 2 is 1.73 bits per heavy atom. The molecule has 0 aliphatic carbocycles. The van der Waals surface area contributed by atoms with Crippen molar-refractivity contribution >= 4 is 17.6 Å². The molecular formula is C23H20FNO5. The van der Waals surface area contributed by atoms with Crippen LogP contribution in [0.1, 0.15) is 15.9 Å². The zero-order chi connectivity index (χ0) is 21.3. The fraction of sp³-hybridized carbons (Fsp3) is 0.130. The van der Waals surface area contributed by atoms with E-state index in [4.69, 9.17) is 14.2 Å². The maximum absolute atomic E-state index is 13.1. The molecule has 3 aromatic rings. The van der Waals surface area contributed by atoms with Gasteiger partial charge in [-0.15, -0.1) is 0 Å². The predicted octanol–water partition coefficient (Wildman–Crippen LogP) is 4.21. The second-order valence-corrected chi connectivity index (χ2v) is 6.27. The molecule has 1 N–H and O–H groups in total. The molecule has 0 bridgehead atoms. The van der Waals surface area contributed by atoms with E-state index < -0.39 is 24.3 Å². The number of hydrogen-bond donors (Lipinski definition) is 1. The third-order valence-corrected chi connectivity index (χ3v) is 4.08. The van der Waals surface area contributed by atoms with Crippen LogP contribution in [0.25, 0.3) is 0 Å². The highest BCUT2D eigenvalue weighted by Gasteiger charge is 2.14. The van der Waals surface area contributed by atoms with E-state index in [9.17, 15) is 14.0 Å². The summed E-state index contributed by atoms with van der Waals surface area (Å²) in [4.78, 5) is 24.2. The lowest BCUT2D eigenvalue weighted by Gasteiger charge is -2.12. The number of nitrogens with one attached hydrogen (secondary N) is 1. The summed E-state index contributed by atoms with van der Waals surface area (Å²) in [7, 11) is 1.46. The molecule has 3 rings (SSSR count). The maximum atomic E-state index is 13.1. The van der Waals surface area contributed by atoms with E-state index in [1.807, 2.05) is 30.3 Å². The number of methoxy groups -OCH3 is 1. The SMILES string of the molecule is COc1cc(C(=O)OCC(=O)Nc2cccc(F)c2)ccc1OCc1ccccc1. The van der Waals surface area contributed by atoms with Gasteiger partial charge in [-0.1, -0.05) is 36.4 Å². The summed E-state index contributed by atoms with van der Waals surface area (Å²) in [6.45, 7) is -0.162. The number of anilines is 1. The van der Waals surface area contributed by atoms with Crippen molar-refractivity contribution in [3.8, 4) is 11.5 Å². The van der Waals surface area contributed by atoms with Crippen molar-refractivity contribution in [1.29, 1.82) is 0 Å². The van der Waals surface area contributed by atoms with Crippen LogP contribution >= 0.6 is 0 Å². The highest BCUT2D eigenvalue weighted by molar-refractivity contribution is 5.95. The van der Waals surface area contributed by atoms with Gasteiger partial charge in [-0.2, -0.15) is 0 Å². The first-order chi connectivity index (χ1) is 14.5. The molecule has 30 heavy (non-hydrogen) atoms.